The van der Waals surface area contributed by atoms with Crippen molar-refractivity contribution in [2.75, 3.05) is 7.11 Å². The summed E-state index contributed by atoms with van der Waals surface area (Å²) in [6.45, 7) is -0.182. The van der Waals surface area contributed by atoms with Gasteiger partial charge in [0.25, 0.3) is 0 Å². The minimum absolute atomic E-state index is 0.0143. The summed E-state index contributed by atoms with van der Waals surface area (Å²) in [5.74, 6) is 0.409. The molecule has 1 rings (SSSR count). The van der Waals surface area contributed by atoms with Crippen LogP contribution in [0.4, 0.5) is 0 Å². The van der Waals surface area contributed by atoms with E-state index in [2.05, 4.69) is 22.6 Å². The lowest BCUT2D eigenvalue weighted by Gasteiger charge is -2.07. The Bertz CT molecular complexity index is 261. The Morgan fingerprint density at radius 2 is 2.17 bits per heavy atom. The molecule has 0 unspecified atom stereocenters. The number of aliphatic hydroxyl groups excluding tert-OH is 1. The lowest BCUT2D eigenvalue weighted by Crippen LogP contribution is -1.90. The third-order valence-corrected chi connectivity index (χ3v) is 2.13. The van der Waals surface area contributed by atoms with Gasteiger partial charge in [0.1, 0.15) is 0 Å². The monoisotopic (exact) mass is 280 g/mol. The van der Waals surface area contributed by atoms with Crippen LogP contribution in [0.5, 0.6) is 11.5 Å². The number of rotatable bonds is 2. The number of benzene rings is 1. The molecule has 66 valence electrons. The SMILES string of the molecule is COc1cc(I)cc(CO)c1O. The van der Waals surface area contributed by atoms with E-state index in [1.54, 1.807) is 12.1 Å². The van der Waals surface area contributed by atoms with Gasteiger partial charge in [0.2, 0.25) is 0 Å². The minimum atomic E-state index is -0.182. The van der Waals surface area contributed by atoms with Gasteiger partial charge in [-0.3, -0.25) is 0 Å². The van der Waals surface area contributed by atoms with Crippen LogP contribution in [0.1, 0.15) is 5.56 Å². The number of phenols is 1. The molecule has 0 aliphatic carbocycles. The third-order valence-electron chi connectivity index (χ3n) is 1.51. The van der Waals surface area contributed by atoms with Crippen molar-refractivity contribution in [3.05, 3.63) is 21.3 Å². The van der Waals surface area contributed by atoms with Gasteiger partial charge >= 0.3 is 0 Å². The standard InChI is InChI=1S/C8H9IO3/c1-12-7-3-6(9)2-5(4-10)8(7)11/h2-3,10-11H,4H2,1H3. The van der Waals surface area contributed by atoms with Crippen LogP contribution in [0.15, 0.2) is 12.1 Å². The van der Waals surface area contributed by atoms with E-state index in [0.29, 0.717) is 11.3 Å². The Morgan fingerprint density at radius 3 is 2.67 bits per heavy atom. The predicted octanol–water partition coefficient (Wildman–Crippen LogP) is 1.50. The highest BCUT2D eigenvalue weighted by Gasteiger charge is 2.07. The summed E-state index contributed by atoms with van der Waals surface area (Å²) < 4.78 is 5.82. The molecule has 0 heterocycles. The van der Waals surface area contributed by atoms with E-state index in [1.807, 2.05) is 0 Å². The van der Waals surface area contributed by atoms with Crippen LogP contribution >= 0.6 is 22.6 Å². The van der Waals surface area contributed by atoms with E-state index in [1.165, 1.54) is 7.11 Å². The summed E-state index contributed by atoms with van der Waals surface area (Å²) >= 11 is 2.09. The molecular formula is C8H9IO3. The number of methoxy groups -OCH3 is 1. The van der Waals surface area contributed by atoms with Crippen molar-refractivity contribution < 1.29 is 14.9 Å². The van der Waals surface area contributed by atoms with Gasteiger partial charge in [0.15, 0.2) is 11.5 Å². The highest BCUT2D eigenvalue weighted by atomic mass is 127. The maximum atomic E-state index is 9.42. The predicted molar refractivity (Wildman–Crippen MR) is 53.3 cm³/mol. The highest BCUT2D eigenvalue weighted by molar-refractivity contribution is 14.1. The fourth-order valence-electron chi connectivity index (χ4n) is 0.904. The lowest BCUT2D eigenvalue weighted by atomic mass is 10.2. The molecule has 0 aliphatic rings. The summed E-state index contributed by atoms with van der Waals surface area (Å²) in [5.41, 5.74) is 0.485. The van der Waals surface area contributed by atoms with Gasteiger partial charge in [0.05, 0.1) is 13.7 Å². The zero-order chi connectivity index (χ0) is 9.14. The Kier molecular flexibility index (Phi) is 3.16. The van der Waals surface area contributed by atoms with E-state index in [4.69, 9.17) is 9.84 Å². The van der Waals surface area contributed by atoms with E-state index < -0.39 is 0 Å². The molecule has 0 bridgehead atoms. The molecule has 2 N–H and O–H groups in total. The van der Waals surface area contributed by atoms with E-state index in [0.717, 1.165) is 3.57 Å². The number of hydrogen-bond acceptors (Lipinski definition) is 3. The molecule has 0 saturated carbocycles. The molecule has 0 fully saturated rings. The van der Waals surface area contributed by atoms with Crippen molar-refractivity contribution in [3.8, 4) is 11.5 Å². The van der Waals surface area contributed by atoms with Crippen LogP contribution in [-0.2, 0) is 6.61 Å². The van der Waals surface area contributed by atoms with Gasteiger partial charge in [-0.1, -0.05) is 0 Å². The minimum Gasteiger partial charge on any atom is -0.504 e. The molecule has 0 saturated heterocycles. The summed E-state index contributed by atoms with van der Waals surface area (Å²) in [6, 6.07) is 3.41. The molecule has 4 heteroatoms. The van der Waals surface area contributed by atoms with Crippen LogP contribution in [0.25, 0.3) is 0 Å². The first kappa shape index (κ1) is 9.60. The Balaban J connectivity index is 3.22. The molecule has 0 aromatic heterocycles. The molecule has 0 spiro atoms. The summed E-state index contributed by atoms with van der Waals surface area (Å²) in [4.78, 5) is 0. The van der Waals surface area contributed by atoms with Crippen LogP contribution in [0.3, 0.4) is 0 Å². The number of aliphatic hydroxyl groups is 1. The van der Waals surface area contributed by atoms with Crippen molar-refractivity contribution in [1.82, 2.24) is 0 Å². The van der Waals surface area contributed by atoms with Gasteiger partial charge in [-0.05, 0) is 34.7 Å². The highest BCUT2D eigenvalue weighted by Crippen LogP contribution is 2.31. The molecular weight excluding hydrogens is 271 g/mol. The second kappa shape index (κ2) is 3.95. The fraction of sp³-hybridized carbons (Fsp3) is 0.250. The normalized spacial score (nSPS) is 9.92. The molecule has 0 aliphatic heterocycles. The summed E-state index contributed by atoms with van der Waals surface area (Å²) in [5, 5.41) is 18.3. The summed E-state index contributed by atoms with van der Waals surface area (Å²) in [7, 11) is 1.48. The number of ether oxygens (including phenoxy) is 1. The first-order chi connectivity index (χ1) is 5.69. The summed E-state index contributed by atoms with van der Waals surface area (Å²) in [6.07, 6.45) is 0. The van der Waals surface area contributed by atoms with Crippen LogP contribution in [-0.4, -0.2) is 17.3 Å². The zero-order valence-corrected chi connectivity index (χ0v) is 8.70. The Morgan fingerprint density at radius 1 is 1.50 bits per heavy atom. The van der Waals surface area contributed by atoms with Crippen molar-refractivity contribution in [2.45, 2.75) is 6.61 Å². The third kappa shape index (κ3) is 1.81. The van der Waals surface area contributed by atoms with E-state index in [9.17, 15) is 5.11 Å². The zero-order valence-electron chi connectivity index (χ0n) is 6.54. The fourth-order valence-corrected chi connectivity index (χ4v) is 1.56. The Hall–Kier alpha value is -0.490. The molecule has 12 heavy (non-hydrogen) atoms. The van der Waals surface area contributed by atoms with Gasteiger partial charge < -0.3 is 14.9 Å². The number of halogens is 1. The average molecular weight is 280 g/mol. The Labute approximate surface area is 84.1 Å². The smallest absolute Gasteiger partial charge is 0.163 e. The van der Waals surface area contributed by atoms with Crippen molar-refractivity contribution in [1.29, 1.82) is 0 Å². The van der Waals surface area contributed by atoms with Crippen molar-refractivity contribution in [2.24, 2.45) is 0 Å². The van der Waals surface area contributed by atoms with Gasteiger partial charge in [-0.15, -0.1) is 0 Å². The first-order valence-corrected chi connectivity index (χ1v) is 4.43. The molecule has 3 nitrogen and oxygen atoms in total. The molecule has 1 aromatic rings. The van der Waals surface area contributed by atoms with Crippen LogP contribution < -0.4 is 4.74 Å². The van der Waals surface area contributed by atoms with E-state index >= 15 is 0 Å². The molecule has 1 aromatic carbocycles. The molecule has 0 atom stereocenters. The topological polar surface area (TPSA) is 49.7 Å². The van der Waals surface area contributed by atoms with Gasteiger partial charge in [0, 0.05) is 9.13 Å². The van der Waals surface area contributed by atoms with Crippen molar-refractivity contribution in [3.63, 3.8) is 0 Å². The molecule has 0 amide bonds. The second-order valence-electron chi connectivity index (χ2n) is 2.27. The molecule has 0 radical (unpaired) electrons. The van der Waals surface area contributed by atoms with Crippen LogP contribution in [0, 0.1) is 3.57 Å². The second-order valence-corrected chi connectivity index (χ2v) is 3.52. The first-order valence-electron chi connectivity index (χ1n) is 3.35. The number of aromatic hydroxyl groups is 1. The maximum Gasteiger partial charge on any atom is 0.163 e. The number of hydrogen-bond donors (Lipinski definition) is 2. The van der Waals surface area contributed by atoms with Crippen LogP contribution in [0.2, 0.25) is 0 Å². The average Bonchev–Trinajstić information content (AvgIpc) is 2.08. The lowest BCUT2D eigenvalue weighted by molar-refractivity contribution is 0.272. The quantitative estimate of drug-likeness (QED) is 0.807. The van der Waals surface area contributed by atoms with E-state index in [-0.39, 0.29) is 12.4 Å². The van der Waals surface area contributed by atoms with Gasteiger partial charge in [-0.25, -0.2) is 0 Å². The van der Waals surface area contributed by atoms with Crippen molar-refractivity contribution >= 4 is 22.6 Å². The largest absolute Gasteiger partial charge is 0.504 e. The maximum absolute atomic E-state index is 9.42. The van der Waals surface area contributed by atoms with Gasteiger partial charge in [-0.2, -0.15) is 0 Å².